The Hall–Kier alpha value is -0.160. The highest BCUT2D eigenvalue weighted by Crippen LogP contribution is 2.44. The van der Waals surface area contributed by atoms with Gasteiger partial charge in [-0.25, -0.2) is 0 Å². The second-order valence-corrected chi connectivity index (χ2v) is 6.86. The Labute approximate surface area is 119 Å². The van der Waals surface area contributed by atoms with Gasteiger partial charge in [0.15, 0.2) is 0 Å². The molecule has 1 aliphatic rings. The van der Waals surface area contributed by atoms with E-state index < -0.39 is 0 Å². The summed E-state index contributed by atoms with van der Waals surface area (Å²) in [5.41, 5.74) is 2.88. The first-order valence-electron chi connectivity index (χ1n) is 7.64. The Balaban J connectivity index is 2.64. The van der Waals surface area contributed by atoms with Gasteiger partial charge in [-0.3, -0.25) is 11.3 Å². The summed E-state index contributed by atoms with van der Waals surface area (Å²) in [6.45, 7) is 16.4. The van der Waals surface area contributed by atoms with Crippen molar-refractivity contribution in [2.45, 2.75) is 71.6 Å². The zero-order valence-electron chi connectivity index (χ0n) is 13.6. The van der Waals surface area contributed by atoms with Gasteiger partial charge in [-0.2, -0.15) is 0 Å². The van der Waals surface area contributed by atoms with Crippen LogP contribution in [0, 0.1) is 5.92 Å². The van der Waals surface area contributed by atoms with Gasteiger partial charge in [0.05, 0.1) is 11.2 Å². The van der Waals surface area contributed by atoms with Crippen LogP contribution in [-0.4, -0.2) is 41.8 Å². The van der Waals surface area contributed by atoms with Gasteiger partial charge >= 0.3 is 0 Å². The minimum absolute atomic E-state index is 0.0432. The SMILES string of the molecule is CCN(CC)CCC(NN)C1CC(C)(C)OC1(C)C. The van der Waals surface area contributed by atoms with Crippen LogP contribution < -0.4 is 11.3 Å². The van der Waals surface area contributed by atoms with E-state index in [0.717, 1.165) is 32.5 Å². The second kappa shape index (κ2) is 6.53. The summed E-state index contributed by atoms with van der Waals surface area (Å²) in [6, 6.07) is 0.317. The fourth-order valence-electron chi connectivity index (χ4n) is 3.49. The van der Waals surface area contributed by atoms with Crippen LogP contribution in [0.25, 0.3) is 0 Å². The average molecular weight is 271 g/mol. The molecule has 114 valence electrons. The summed E-state index contributed by atoms with van der Waals surface area (Å²) in [7, 11) is 0. The van der Waals surface area contributed by atoms with Gasteiger partial charge in [-0.15, -0.1) is 0 Å². The Morgan fingerprint density at radius 1 is 1.26 bits per heavy atom. The minimum atomic E-state index is -0.107. The third-order valence-electron chi connectivity index (χ3n) is 4.49. The molecular weight excluding hydrogens is 238 g/mol. The van der Waals surface area contributed by atoms with Crippen molar-refractivity contribution in [3.63, 3.8) is 0 Å². The van der Waals surface area contributed by atoms with Gasteiger partial charge in [-0.1, -0.05) is 13.8 Å². The summed E-state index contributed by atoms with van der Waals surface area (Å²) in [6.07, 6.45) is 2.14. The quantitative estimate of drug-likeness (QED) is 0.550. The summed E-state index contributed by atoms with van der Waals surface area (Å²) < 4.78 is 6.18. The highest BCUT2D eigenvalue weighted by Gasteiger charge is 2.48. The van der Waals surface area contributed by atoms with Crippen LogP contribution in [0.1, 0.15) is 54.4 Å². The number of nitrogens with one attached hydrogen (secondary N) is 1. The third kappa shape index (κ3) is 4.42. The van der Waals surface area contributed by atoms with E-state index in [2.05, 4.69) is 51.9 Å². The molecule has 4 nitrogen and oxygen atoms in total. The summed E-state index contributed by atoms with van der Waals surface area (Å²) in [5.74, 6) is 6.27. The molecule has 2 unspecified atom stereocenters. The van der Waals surface area contributed by atoms with Crippen LogP contribution in [0.3, 0.4) is 0 Å². The fourth-order valence-corrected chi connectivity index (χ4v) is 3.49. The van der Waals surface area contributed by atoms with Crippen molar-refractivity contribution in [2.75, 3.05) is 19.6 Å². The first-order chi connectivity index (χ1) is 8.75. The normalized spacial score (nSPS) is 26.8. The number of hydrogen-bond donors (Lipinski definition) is 2. The molecule has 1 rings (SSSR count). The number of nitrogens with zero attached hydrogens (tertiary/aromatic N) is 1. The van der Waals surface area contributed by atoms with Gasteiger partial charge in [0.1, 0.15) is 0 Å². The predicted molar refractivity (Wildman–Crippen MR) is 80.9 cm³/mol. The lowest BCUT2D eigenvalue weighted by Crippen LogP contribution is -2.48. The molecule has 1 heterocycles. The van der Waals surface area contributed by atoms with Crippen LogP contribution >= 0.6 is 0 Å². The molecule has 0 aromatic heterocycles. The summed E-state index contributed by atoms with van der Waals surface area (Å²) in [5, 5.41) is 0. The Bertz CT molecular complexity index is 275. The molecule has 1 fully saturated rings. The first kappa shape index (κ1) is 16.9. The maximum absolute atomic E-state index is 6.18. The van der Waals surface area contributed by atoms with E-state index in [1.807, 2.05) is 0 Å². The summed E-state index contributed by atoms with van der Waals surface area (Å²) >= 11 is 0. The molecule has 1 saturated heterocycles. The second-order valence-electron chi connectivity index (χ2n) is 6.86. The molecule has 0 spiro atoms. The van der Waals surface area contributed by atoms with Gasteiger partial charge in [0.25, 0.3) is 0 Å². The van der Waals surface area contributed by atoms with E-state index in [1.54, 1.807) is 0 Å². The Morgan fingerprint density at radius 2 is 1.84 bits per heavy atom. The lowest BCUT2D eigenvalue weighted by atomic mass is 9.80. The smallest absolute Gasteiger partial charge is 0.0678 e. The van der Waals surface area contributed by atoms with Crippen molar-refractivity contribution < 1.29 is 4.74 Å². The molecule has 19 heavy (non-hydrogen) atoms. The van der Waals surface area contributed by atoms with Gasteiger partial charge in [0, 0.05) is 12.0 Å². The molecule has 4 heteroatoms. The van der Waals surface area contributed by atoms with Crippen molar-refractivity contribution in [3.05, 3.63) is 0 Å². The molecule has 2 atom stereocenters. The highest BCUT2D eigenvalue weighted by molar-refractivity contribution is 4.99. The van der Waals surface area contributed by atoms with Crippen molar-refractivity contribution in [2.24, 2.45) is 11.8 Å². The largest absolute Gasteiger partial charge is 0.369 e. The molecule has 0 aliphatic carbocycles. The van der Waals surface area contributed by atoms with Gasteiger partial charge < -0.3 is 9.64 Å². The minimum Gasteiger partial charge on any atom is -0.369 e. The van der Waals surface area contributed by atoms with Crippen molar-refractivity contribution >= 4 is 0 Å². The highest BCUT2D eigenvalue weighted by atomic mass is 16.5. The number of nitrogens with two attached hydrogens (primary N) is 1. The van der Waals surface area contributed by atoms with Crippen LogP contribution in [0.4, 0.5) is 0 Å². The van der Waals surface area contributed by atoms with E-state index in [9.17, 15) is 0 Å². The van der Waals surface area contributed by atoms with Gasteiger partial charge in [-0.05, 0) is 60.2 Å². The lowest BCUT2D eigenvalue weighted by Gasteiger charge is -2.33. The standard InChI is InChI=1S/C15H33N3O/c1-7-18(8-2)10-9-13(17-16)12-11-14(3,4)19-15(12,5)6/h12-13,17H,7-11,16H2,1-6H3. The maximum Gasteiger partial charge on any atom is 0.0678 e. The molecule has 0 aromatic carbocycles. The van der Waals surface area contributed by atoms with E-state index in [4.69, 9.17) is 10.6 Å². The Morgan fingerprint density at radius 3 is 2.21 bits per heavy atom. The number of ether oxygens (including phenoxy) is 1. The molecule has 0 aromatic rings. The third-order valence-corrected chi connectivity index (χ3v) is 4.49. The van der Waals surface area contributed by atoms with E-state index in [-0.39, 0.29) is 11.2 Å². The van der Waals surface area contributed by atoms with Crippen LogP contribution in [0.15, 0.2) is 0 Å². The molecule has 0 saturated carbocycles. The van der Waals surface area contributed by atoms with Crippen LogP contribution in [-0.2, 0) is 4.74 Å². The molecule has 3 N–H and O–H groups in total. The number of hydrogen-bond acceptors (Lipinski definition) is 4. The average Bonchev–Trinajstić information content (AvgIpc) is 2.53. The molecular formula is C15H33N3O. The van der Waals surface area contributed by atoms with Crippen molar-refractivity contribution in [1.29, 1.82) is 0 Å². The Kier molecular flexibility index (Phi) is 5.80. The van der Waals surface area contributed by atoms with Crippen molar-refractivity contribution in [3.8, 4) is 0 Å². The van der Waals surface area contributed by atoms with Crippen LogP contribution in [0.5, 0.6) is 0 Å². The van der Waals surface area contributed by atoms with Crippen LogP contribution in [0.2, 0.25) is 0 Å². The monoisotopic (exact) mass is 271 g/mol. The topological polar surface area (TPSA) is 50.5 Å². The fraction of sp³-hybridized carbons (Fsp3) is 1.00. The number of hydrazine groups is 1. The maximum atomic E-state index is 6.18. The van der Waals surface area contributed by atoms with Crippen molar-refractivity contribution in [1.82, 2.24) is 10.3 Å². The zero-order chi connectivity index (χ0) is 14.7. The molecule has 0 radical (unpaired) electrons. The van der Waals surface area contributed by atoms with E-state index in [0.29, 0.717) is 12.0 Å². The molecule has 0 bridgehead atoms. The molecule has 1 aliphatic heterocycles. The first-order valence-corrected chi connectivity index (χ1v) is 7.64. The number of rotatable bonds is 7. The van der Waals surface area contributed by atoms with E-state index in [1.165, 1.54) is 0 Å². The predicted octanol–water partition coefficient (Wildman–Crippen LogP) is 2.14. The zero-order valence-corrected chi connectivity index (χ0v) is 13.6. The lowest BCUT2D eigenvalue weighted by molar-refractivity contribution is -0.0780. The molecule has 0 amide bonds. The summed E-state index contributed by atoms with van der Waals surface area (Å²) in [4.78, 5) is 2.44. The van der Waals surface area contributed by atoms with E-state index >= 15 is 0 Å². The van der Waals surface area contributed by atoms with Gasteiger partial charge in [0.2, 0.25) is 0 Å².